The van der Waals surface area contributed by atoms with Crippen LogP contribution in [0.5, 0.6) is 0 Å². The fourth-order valence-electron chi connectivity index (χ4n) is 2.11. The molecule has 1 saturated heterocycles. The number of nitrogens with one attached hydrogen (secondary N) is 1. The Morgan fingerprint density at radius 3 is 2.52 bits per heavy atom. The summed E-state index contributed by atoms with van der Waals surface area (Å²) in [4.78, 5) is 35.8. The topological polar surface area (TPSA) is 162 Å². The van der Waals surface area contributed by atoms with E-state index >= 15 is 0 Å². The number of aliphatic hydroxyl groups is 3. The number of carboxylic acids is 1. The number of carboxylic acid groups (broad SMARTS) is 1. The number of rotatable bonds is 4. The fraction of sp³-hybridized carbons (Fsp3) is 0.545. The summed E-state index contributed by atoms with van der Waals surface area (Å²) in [6.45, 7) is -0.575. The van der Waals surface area contributed by atoms with Crippen molar-refractivity contribution in [1.82, 2.24) is 9.55 Å². The predicted octanol–water partition coefficient (Wildman–Crippen LogP) is -3.22. The number of aliphatic hydroxyl groups excluding tert-OH is 3. The van der Waals surface area contributed by atoms with Crippen LogP contribution in [0.3, 0.4) is 0 Å². The van der Waals surface area contributed by atoms with Crippen LogP contribution in [0.1, 0.15) is 11.8 Å². The van der Waals surface area contributed by atoms with E-state index in [4.69, 9.17) is 14.9 Å². The molecule has 0 amide bonds. The summed E-state index contributed by atoms with van der Waals surface area (Å²) in [6, 6.07) is 0. The Morgan fingerprint density at radius 1 is 1.33 bits per heavy atom. The first kappa shape index (κ1) is 15.4. The second-order valence-corrected chi connectivity index (χ2v) is 4.62. The third-order valence-electron chi connectivity index (χ3n) is 3.17. The zero-order chi connectivity index (χ0) is 15.7. The van der Waals surface area contributed by atoms with Gasteiger partial charge in [0.15, 0.2) is 6.23 Å². The van der Waals surface area contributed by atoms with E-state index in [2.05, 4.69) is 0 Å². The molecule has 0 spiro atoms. The lowest BCUT2D eigenvalue weighted by atomic mass is 10.1. The SMILES string of the molecule is O=C(O)Cc1cn([C@@H]2O[C@H](CO)C(O)C2O)c(=O)[nH]c1=O. The number of aromatic nitrogens is 2. The van der Waals surface area contributed by atoms with Crippen LogP contribution < -0.4 is 11.2 Å². The van der Waals surface area contributed by atoms with Crippen LogP contribution in [0.2, 0.25) is 0 Å². The molecular formula is C11H14N2O8. The molecule has 1 aliphatic rings. The Labute approximate surface area is 116 Å². The van der Waals surface area contributed by atoms with Crippen LogP contribution in [0, 0.1) is 0 Å². The molecule has 2 rings (SSSR count). The van der Waals surface area contributed by atoms with E-state index in [9.17, 15) is 24.6 Å². The lowest BCUT2D eigenvalue weighted by molar-refractivity contribution is -0.136. The van der Waals surface area contributed by atoms with E-state index in [1.165, 1.54) is 0 Å². The predicted molar refractivity (Wildman–Crippen MR) is 65.7 cm³/mol. The number of aliphatic carboxylic acids is 1. The quantitative estimate of drug-likeness (QED) is 0.388. The van der Waals surface area contributed by atoms with Gasteiger partial charge < -0.3 is 25.2 Å². The first-order valence-electron chi connectivity index (χ1n) is 6.03. The highest BCUT2D eigenvalue weighted by molar-refractivity contribution is 5.69. The van der Waals surface area contributed by atoms with Gasteiger partial charge in [0, 0.05) is 11.8 Å². The molecule has 0 aromatic carbocycles. The largest absolute Gasteiger partial charge is 0.481 e. The van der Waals surface area contributed by atoms with Gasteiger partial charge in [-0.2, -0.15) is 0 Å². The van der Waals surface area contributed by atoms with Gasteiger partial charge in [0.1, 0.15) is 18.3 Å². The van der Waals surface area contributed by atoms with Crippen molar-refractivity contribution in [3.63, 3.8) is 0 Å². The van der Waals surface area contributed by atoms with Crippen molar-refractivity contribution in [2.75, 3.05) is 6.61 Å². The van der Waals surface area contributed by atoms with Gasteiger partial charge >= 0.3 is 11.7 Å². The monoisotopic (exact) mass is 302 g/mol. The van der Waals surface area contributed by atoms with Crippen LogP contribution in [0.25, 0.3) is 0 Å². The molecule has 5 N–H and O–H groups in total. The van der Waals surface area contributed by atoms with Crippen molar-refractivity contribution < 1.29 is 30.0 Å². The van der Waals surface area contributed by atoms with E-state index in [1.54, 1.807) is 0 Å². The molecule has 2 heterocycles. The van der Waals surface area contributed by atoms with Crippen LogP contribution in [0.4, 0.5) is 0 Å². The molecule has 21 heavy (non-hydrogen) atoms. The van der Waals surface area contributed by atoms with E-state index in [1.807, 2.05) is 4.98 Å². The fourth-order valence-corrected chi connectivity index (χ4v) is 2.11. The Morgan fingerprint density at radius 2 is 2.00 bits per heavy atom. The zero-order valence-electron chi connectivity index (χ0n) is 10.7. The normalized spacial score (nSPS) is 28.7. The van der Waals surface area contributed by atoms with Gasteiger partial charge in [-0.1, -0.05) is 0 Å². The maximum absolute atomic E-state index is 11.7. The van der Waals surface area contributed by atoms with Crippen LogP contribution >= 0.6 is 0 Å². The molecular weight excluding hydrogens is 288 g/mol. The maximum Gasteiger partial charge on any atom is 0.330 e. The van der Waals surface area contributed by atoms with Crippen molar-refractivity contribution in [1.29, 1.82) is 0 Å². The average Bonchev–Trinajstić information content (AvgIpc) is 2.69. The molecule has 1 aromatic heterocycles. The molecule has 0 bridgehead atoms. The van der Waals surface area contributed by atoms with Crippen LogP contribution in [0.15, 0.2) is 15.8 Å². The second-order valence-electron chi connectivity index (χ2n) is 4.62. The van der Waals surface area contributed by atoms with Crippen LogP contribution in [-0.4, -0.2) is 60.9 Å². The minimum atomic E-state index is -1.51. The zero-order valence-corrected chi connectivity index (χ0v) is 10.7. The molecule has 10 heteroatoms. The van der Waals surface area contributed by atoms with Crippen molar-refractivity contribution >= 4 is 5.97 Å². The van der Waals surface area contributed by atoms with E-state index in [0.717, 1.165) is 10.8 Å². The number of carbonyl (C=O) groups is 1. The number of hydrogen-bond donors (Lipinski definition) is 5. The van der Waals surface area contributed by atoms with Gasteiger partial charge in [-0.25, -0.2) is 4.79 Å². The lowest BCUT2D eigenvalue weighted by Gasteiger charge is -2.17. The highest BCUT2D eigenvalue weighted by Crippen LogP contribution is 2.27. The summed E-state index contributed by atoms with van der Waals surface area (Å²) in [5, 5.41) is 37.1. The van der Waals surface area contributed by atoms with E-state index < -0.39 is 54.8 Å². The molecule has 2 unspecified atom stereocenters. The number of H-pyrrole nitrogens is 1. The Bertz CT molecular complexity index is 650. The minimum Gasteiger partial charge on any atom is -0.481 e. The second kappa shape index (κ2) is 5.77. The maximum atomic E-state index is 11.7. The van der Waals surface area contributed by atoms with Gasteiger partial charge in [0.25, 0.3) is 5.56 Å². The lowest BCUT2D eigenvalue weighted by Crippen LogP contribution is -2.39. The molecule has 1 aliphatic heterocycles. The smallest absolute Gasteiger partial charge is 0.330 e. The van der Waals surface area contributed by atoms with E-state index in [-0.39, 0.29) is 5.56 Å². The van der Waals surface area contributed by atoms with Crippen molar-refractivity contribution in [2.24, 2.45) is 0 Å². The van der Waals surface area contributed by atoms with Crippen LogP contribution in [-0.2, 0) is 16.0 Å². The molecule has 10 nitrogen and oxygen atoms in total. The molecule has 4 atom stereocenters. The summed E-state index contributed by atoms with van der Waals surface area (Å²) in [5.41, 5.74) is -1.99. The molecule has 1 aromatic rings. The number of aromatic amines is 1. The highest BCUT2D eigenvalue weighted by Gasteiger charge is 2.43. The Balaban J connectivity index is 2.42. The van der Waals surface area contributed by atoms with Crippen molar-refractivity contribution in [3.8, 4) is 0 Å². The number of ether oxygens (including phenoxy) is 1. The molecule has 0 saturated carbocycles. The van der Waals surface area contributed by atoms with Gasteiger partial charge in [-0.05, 0) is 0 Å². The third kappa shape index (κ3) is 2.88. The summed E-state index contributed by atoms with van der Waals surface area (Å²) in [6.07, 6.45) is -5.02. The summed E-state index contributed by atoms with van der Waals surface area (Å²) >= 11 is 0. The third-order valence-corrected chi connectivity index (χ3v) is 3.17. The number of hydrogen-bond acceptors (Lipinski definition) is 7. The van der Waals surface area contributed by atoms with Gasteiger partial charge in [-0.3, -0.25) is 19.1 Å². The minimum absolute atomic E-state index is 0.208. The molecule has 1 fully saturated rings. The van der Waals surface area contributed by atoms with Gasteiger partial charge in [-0.15, -0.1) is 0 Å². The van der Waals surface area contributed by atoms with Crippen molar-refractivity contribution in [3.05, 3.63) is 32.6 Å². The molecule has 0 radical (unpaired) electrons. The molecule has 0 aliphatic carbocycles. The Hall–Kier alpha value is -2.01. The standard InChI is InChI=1S/C11H14N2O8/c14-3-5-7(17)8(18)10(21-5)13-2-4(1-6(15)16)9(19)12-11(13)20/h2,5,7-8,10,14,17-18H,1,3H2,(H,15,16)(H,12,19,20)/t5-,7?,8?,10-/m1/s1. The van der Waals surface area contributed by atoms with Crippen molar-refractivity contribution in [2.45, 2.75) is 31.0 Å². The number of nitrogens with zero attached hydrogens (tertiary/aromatic N) is 1. The average molecular weight is 302 g/mol. The van der Waals surface area contributed by atoms with Gasteiger partial charge in [0.2, 0.25) is 0 Å². The van der Waals surface area contributed by atoms with E-state index in [0.29, 0.717) is 0 Å². The van der Waals surface area contributed by atoms with Gasteiger partial charge in [0.05, 0.1) is 13.0 Å². The summed E-state index contributed by atoms with van der Waals surface area (Å²) < 4.78 is 5.93. The summed E-state index contributed by atoms with van der Waals surface area (Å²) in [7, 11) is 0. The summed E-state index contributed by atoms with van der Waals surface area (Å²) in [5.74, 6) is -1.27. The molecule has 116 valence electrons. The highest BCUT2D eigenvalue weighted by atomic mass is 16.6. The first-order valence-corrected chi connectivity index (χ1v) is 6.03. The first-order chi connectivity index (χ1) is 9.85. The Kier molecular flexibility index (Phi) is 4.23.